The minimum Gasteiger partial charge on any atom is -0.389 e. The largest absolute Gasteiger partial charge is 0.389 e. The van der Waals surface area contributed by atoms with Crippen LogP contribution in [0, 0.1) is 5.82 Å². The van der Waals surface area contributed by atoms with Crippen LogP contribution < -0.4 is 10.6 Å². The molecule has 18 heavy (non-hydrogen) atoms. The average molecular weight is 252 g/mol. The number of aliphatic hydroxyl groups excluding tert-OH is 1. The fourth-order valence-corrected chi connectivity index (χ4v) is 2.50. The molecule has 0 radical (unpaired) electrons. The van der Waals surface area contributed by atoms with Gasteiger partial charge in [-0.3, -0.25) is 4.79 Å². The first-order valence-corrected chi connectivity index (χ1v) is 6.04. The second-order valence-corrected chi connectivity index (χ2v) is 4.61. The SMILES string of the molecule is C[C@@H](O)c1cccc(F)c1N1CCCC1C(N)=O. The van der Waals surface area contributed by atoms with Crippen molar-refractivity contribution in [3.05, 3.63) is 29.6 Å². The molecule has 98 valence electrons. The number of nitrogens with zero attached hydrogens (tertiary/aromatic N) is 1. The van der Waals surface area contributed by atoms with Gasteiger partial charge in [0.15, 0.2) is 0 Å². The molecule has 4 nitrogen and oxygen atoms in total. The summed E-state index contributed by atoms with van der Waals surface area (Å²) in [5.74, 6) is -0.881. The van der Waals surface area contributed by atoms with Crippen LogP contribution in [0.5, 0.6) is 0 Å². The Hall–Kier alpha value is -1.62. The van der Waals surface area contributed by atoms with Gasteiger partial charge in [-0.1, -0.05) is 12.1 Å². The highest BCUT2D eigenvalue weighted by atomic mass is 19.1. The molecule has 0 bridgehead atoms. The van der Waals surface area contributed by atoms with Gasteiger partial charge in [-0.25, -0.2) is 4.39 Å². The maximum Gasteiger partial charge on any atom is 0.240 e. The van der Waals surface area contributed by atoms with E-state index < -0.39 is 23.9 Å². The fourth-order valence-electron chi connectivity index (χ4n) is 2.50. The molecular formula is C13H17FN2O2. The van der Waals surface area contributed by atoms with E-state index in [1.807, 2.05) is 0 Å². The molecular weight excluding hydrogens is 235 g/mol. The third-order valence-electron chi connectivity index (χ3n) is 3.34. The molecule has 1 heterocycles. The van der Waals surface area contributed by atoms with Crippen LogP contribution in [-0.4, -0.2) is 23.6 Å². The van der Waals surface area contributed by atoms with Crippen molar-refractivity contribution in [3.8, 4) is 0 Å². The van der Waals surface area contributed by atoms with E-state index in [-0.39, 0.29) is 0 Å². The Bertz CT molecular complexity index is 462. The number of primary amides is 1. The molecule has 1 unspecified atom stereocenters. The summed E-state index contributed by atoms with van der Waals surface area (Å²) in [4.78, 5) is 13.0. The molecule has 1 fully saturated rings. The number of amides is 1. The normalized spacial score (nSPS) is 21.1. The highest BCUT2D eigenvalue weighted by molar-refractivity contribution is 5.84. The molecule has 1 aromatic carbocycles. The van der Waals surface area contributed by atoms with Crippen LogP contribution in [0.1, 0.15) is 31.4 Å². The summed E-state index contributed by atoms with van der Waals surface area (Å²) in [5, 5.41) is 9.70. The lowest BCUT2D eigenvalue weighted by Crippen LogP contribution is -2.41. The number of carbonyl (C=O) groups excluding carboxylic acids is 1. The lowest BCUT2D eigenvalue weighted by molar-refractivity contribution is -0.119. The molecule has 1 aromatic rings. The number of halogens is 1. The fraction of sp³-hybridized carbons (Fsp3) is 0.462. The summed E-state index contributed by atoms with van der Waals surface area (Å²) < 4.78 is 14.0. The second kappa shape index (κ2) is 4.94. The van der Waals surface area contributed by atoms with E-state index in [4.69, 9.17) is 5.73 Å². The van der Waals surface area contributed by atoms with Crippen LogP contribution in [-0.2, 0) is 4.79 Å². The Balaban J connectivity index is 2.46. The number of para-hydroxylation sites is 1. The number of nitrogens with two attached hydrogens (primary N) is 1. The number of anilines is 1. The molecule has 1 saturated heterocycles. The molecule has 1 aliphatic heterocycles. The molecule has 1 amide bonds. The molecule has 0 aromatic heterocycles. The molecule has 0 aliphatic carbocycles. The first kappa shape index (κ1) is 12.8. The number of carbonyl (C=O) groups is 1. The highest BCUT2D eigenvalue weighted by Crippen LogP contribution is 2.34. The van der Waals surface area contributed by atoms with Crippen molar-refractivity contribution in [2.45, 2.75) is 31.9 Å². The number of hydrogen-bond donors (Lipinski definition) is 2. The van der Waals surface area contributed by atoms with Crippen LogP contribution in [0.15, 0.2) is 18.2 Å². The standard InChI is InChI=1S/C13H17FN2O2/c1-8(17)9-4-2-5-10(14)12(9)16-7-3-6-11(16)13(15)18/h2,4-5,8,11,17H,3,6-7H2,1H3,(H2,15,18)/t8-,11?/m1/s1. The topological polar surface area (TPSA) is 66.6 Å². The molecule has 0 saturated carbocycles. The number of benzene rings is 1. The molecule has 3 N–H and O–H groups in total. The predicted octanol–water partition coefficient (Wildman–Crippen LogP) is 1.33. The third-order valence-corrected chi connectivity index (χ3v) is 3.34. The minimum absolute atomic E-state index is 0.300. The van der Waals surface area contributed by atoms with Crippen LogP contribution >= 0.6 is 0 Å². The molecule has 2 rings (SSSR count). The van der Waals surface area contributed by atoms with E-state index in [2.05, 4.69) is 0 Å². The van der Waals surface area contributed by atoms with Crippen LogP contribution in [0.25, 0.3) is 0 Å². The van der Waals surface area contributed by atoms with Crippen LogP contribution in [0.3, 0.4) is 0 Å². The Morgan fingerprint density at radius 3 is 2.94 bits per heavy atom. The molecule has 1 aliphatic rings. The van der Waals surface area contributed by atoms with Gasteiger partial charge in [0, 0.05) is 12.1 Å². The zero-order valence-electron chi connectivity index (χ0n) is 10.3. The second-order valence-electron chi connectivity index (χ2n) is 4.61. The third kappa shape index (κ3) is 2.18. The zero-order valence-corrected chi connectivity index (χ0v) is 10.3. The number of aliphatic hydroxyl groups is 1. The van der Waals surface area contributed by atoms with Gasteiger partial charge in [0.05, 0.1) is 11.8 Å². The van der Waals surface area contributed by atoms with Gasteiger partial charge in [-0.15, -0.1) is 0 Å². The predicted molar refractivity (Wildman–Crippen MR) is 66.6 cm³/mol. The van der Waals surface area contributed by atoms with Crippen molar-refractivity contribution in [3.63, 3.8) is 0 Å². The van der Waals surface area contributed by atoms with E-state index in [1.54, 1.807) is 24.0 Å². The van der Waals surface area contributed by atoms with Gasteiger partial charge in [0.2, 0.25) is 5.91 Å². The quantitative estimate of drug-likeness (QED) is 0.853. The van der Waals surface area contributed by atoms with E-state index in [1.165, 1.54) is 6.07 Å². The Morgan fingerprint density at radius 1 is 1.61 bits per heavy atom. The van der Waals surface area contributed by atoms with E-state index in [9.17, 15) is 14.3 Å². The Kier molecular flexibility index (Phi) is 3.52. The number of hydrogen-bond acceptors (Lipinski definition) is 3. The van der Waals surface area contributed by atoms with E-state index >= 15 is 0 Å². The summed E-state index contributed by atoms with van der Waals surface area (Å²) in [7, 11) is 0. The smallest absolute Gasteiger partial charge is 0.240 e. The first-order valence-electron chi connectivity index (χ1n) is 6.04. The highest BCUT2D eigenvalue weighted by Gasteiger charge is 2.32. The summed E-state index contributed by atoms with van der Waals surface area (Å²) in [6, 6.07) is 4.06. The first-order chi connectivity index (χ1) is 8.52. The molecule has 2 atom stereocenters. The lowest BCUT2D eigenvalue weighted by Gasteiger charge is -2.28. The zero-order chi connectivity index (χ0) is 13.3. The van der Waals surface area contributed by atoms with Gasteiger partial charge in [-0.05, 0) is 25.8 Å². The Labute approximate surface area is 105 Å². The van der Waals surface area contributed by atoms with Crippen molar-refractivity contribution >= 4 is 11.6 Å². The Morgan fingerprint density at radius 2 is 2.33 bits per heavy atom. The molecule has 5 heteroatoms. The van der Waals surface area contributed by atoms with E-state index in [0.29, 0.717) is 24.2 Å². The average Bonchev–Trinajstić information content (AvgIpc) is 2.77. The summed E-state index contributed by atoms with van der Waals surface area (Å²) in [6.07, 6.45) is 0.634. The van der Waals surface area contributed by atoms with Gasteiger partial charge in [0.25, 0.3) is 0 Å². The van der Waals surface area contributed by atoms with Crippen molar-refractivity contribution < 1.29 is 14.3 Å². The van der Waals surface area contributed by atoms with Gasteiger partial charge < -0.3 is 15.7 Å². The summed E-state index contributed by atoms with van der Waals surface area (Å²) in [6.45, 7) is 2.15. The van der Waals surface area contributed by atoms with Crippen LogP contribution in [0.2, 0.25) is 0 Å². The van der Waals surface area contributed by atoms with Crippen molar-refractivity contribution in [2.75, 3.05) is 11.4 Å². The van der Waals surface area contributed by atoms with Crippen molar-refractivity contribution in [2.24, 2.45) is 5.73 Å². The lowest BCUT2D eigenvalue weighted by atomic mass is 10.1. The molecule has 0 spiro atoms. The maximum absolute atomic E-state index is 14.0. The van der Waals surface area contributed by atoms with Crippen LogP contribution in [0.4, 0.5) is 10.1 Å². The van der Waals surface area contributed by atoms with Gasteiger partial charge in [0.1, 0.15) is 11.9 Å². The minimum atomic E-state index is -0.787. The van der Waals surface area contributed by atoms with Crippen molar-refractivity contribution in [1.29, 1.82) is 0 Å². The number of rotatable bonds is 3. The summed E-state index contributed by atoms with van der Waals surface area (Å²) >= 11 is 0. The van der Waals surface area contributed by atoms with Gasteiger partial charge >= 0.3 is 0 Å². The monoisotopic (exact) mass is 252 g/mol. The van der Waals surface area contributed by atoms with E-state index in [0.717, 1.165) is 6.42 Å². The van der Waals surface area contributed by atoms with Gasteiger partial charge in [-0.2, -0.15) is 0 Å². The maximum atomic E-state index is 14.0. The summed E-state index contributed by atoms with van der Waals surface area (Å²) in [5.41, 5.74) is 6.13. The van der Waals surface area contributed by atoms with Crippen molar-refractivity contribution in [1.82, 2.24) is 0 Å².